The summed E-state index contributed by atoms with van der Waals surface area (Å²) in [6, 6.07) is 26.4. The Bertz CT molecular complexity index is 4050. The summed E-state index contributed by atoms with van der Waals surface area (Å²) in [6.45, 7) is -6.81. The molecule has 0 spiro atoms. The Hall–Kier alpha value is -7.02. The van der Waals surface area contributed by atoms with E-state index >= 15 is 0 Å². The number of pyridine rings is 1. The number of aryl methyl sites for hydroxylation is 1. The van der Waals surface area contributed by atoms with E-state index in [2.05, 4.69) is 11.3 Å². The maximum atomic E-state index is 9.01. The van der Waals surface area contributed by atoms with Crippen LogP contribution in [-0.4, -0.2) is 22.2 Å². The van der Waals surface area contributed by atoms with Gasteiger partial charge in [0.25, 0.3) is 6.33 Å². The van der Waals surface area contributed by atoms with Gasteiger partial charge in [-0.05, 0) is 82.7 Å². The minimum absolute atomic E-state index is 0.0316. The molecular weight excluding hydrogens is 725 g/mol. The number of imidazole rings is 1. The molecule has 10 aromatic rings. The van der Waals surface area contributed by atoms with E-state index in [1.54, 1.807) is 92.6 Å². The highest BCUT2D eigenvalue weighted by atomic mass is 28.3. The van der Waals surface area contributed by atoms with Gasteiger partial charge in [0.15, 0.2) is 0 Å². The zero-order chi connectivity index (χ0) is 56.1. The van der Waals surface area contributed by atoms with Crippen LogP contribution >= 0.6 is 0 Å². The summed E-state index contributed by atoms with van der Waals surface area (Å²) in [5, 5.41) is 1.02. The van der Waals surface area contributed by atoms with Crippen molar-refractivity contribution in [1.29, 1.82) is 0 Å². The number of benzene rings is 7. The quantitative estimate of drug-likeness (QED) is 0.0917. The molecule has 1 aliphatic rings. The van der Waals surface area contributed by atoms with Crippen molar-refractivity contribution in [2.45, 2.75) is 25.3 Å². The molecule has 0 atom stereocenters. The lowest BCUT2D eigenvalue weighted by Crippen LogP contribution is -2.38. The topological polar surface area (TPSA) is 35.9 Å². The van der Waals surface area contributed by atoms with Gasteiger partial charge in [-0.25, -0.2) is 4.98 Å². The van der Waals surface area contributed by atoms with E-state index in [1.165, 1.54) is 24.3 Å². The average molecular weight is 785 g/mol. The number of rotatable bonds is 7. The SMILES string of the molecule is [2H]c1c([2H])c([2H])c(-c2cccc(-c3c([2H])c([2H])c([2H])c([2H])c3[2H])c2-[n+]2[c-]n(-c3cccc(Oc4ccc5c6ccccc6n(-c6cc7c(cn6)C([2H])([2H])C([2H])([2H])[Si]7(C([2H])([2H])[2H])C([2H])([2H])[2H])c5c4)c3)c3ccccc32)c([2H])c1[2H]. The number of fused-ring (bicyclic) bond motifs is 5. The lowest BCUT2D eigenvalue weighted by atomic mass is 9.95. The number of hydrogen-bond acceptors (Lipinski definition) is 2. The van der Waals surface area contributed by atoms with E-state index in [9.17, 15) is 0 Å². The van der Waals surface area contributed by atoms with Crippen LogP contribution in [0.3, 0.4) is 0 Å². The summed E-state index contributed by atoms with van der Waals surface area (Å²) in [6.07, 6.45) is 1.40. The first-order valence-electron chi connectivity index (χ1n) is 28.2. The first-order chi connectivity index (χ1) is 36.7. The zero-order valence-corrected chi connectivity index (χ0v) is 31.2. The molecular formula is C52H40N4OSi. The predicted molar refractivity (Wildman–Crippen MR) is 239 cm³/mol. The van der Waals surface area contributed by atoms with Crippen molar-refractivity contribution < 1.29 is 36.7 Å². The third-order valence-electron chi connectivity index (χ3n) is 10.2. The Balaban J connectivity index is 1.07. The van der Waals surface area contributed by atoms with Crippen molar-refractivity contribution in [3.8, 4) is 50.9 Å². The van der Waals surface area contributed by atoms with Gasteiger partial charge in [-0.2, -0.15) is 0 Å². The molecule has 6 heteroatoms. The Morgan fingerprint density at radius 2 is 1.40 bits per heavy atom. The Morgan fingerprint density at radius 3 is 2.17 bits per heavy atom. The van der Waals surface area contributed by atoms with Crippen LogP contribution in [0.1, 0.15) is 33.0 Å². The van der Waals surface area contributed by atoms with Crippen molar-refractivity contribution in [2.24, 2.45) is 0 Å². The van der Waals surface area contributed by atoms with Crippen LogP contribution in [0.25, 0.3) is 72.3 Å². The summed E-state index contributed by atoms with van der Waals surface area (Å²) in [5.74, 6) is -2.64. The number of ether oxygens (including phenoxy) is 1. The van der Waals surface area contributed by atoms with Crippen LogP contribution in [-0.2, 0) is 6.37 Å². The molecule has 11 rings (SSSR count). The molecule has 0 amide bonds. The molecule has 0 saturated heterocycles. The van der Waals surface area contributed by atoms with Crippen molar-refractivity contribution >= 4 is 46.1 Å². The normalized spacial score (nSPS) is 20.5. The lowest BCUT2D eigenvalue weighted by molar-refractivity contribution is -0.571. The Labute approximate surface area is 366 Å². The summed E-state index contributed by atoms with van der Waals surface area (Å²) in [5.41, 5.74) is 1.97. The second-order valence-corrected chi connectivity index (χ2v) is 16.0. The molecule has 1 aliphatic heterocycles. The molecule has 3 aromatic heterocycles. The van der Waals surface area contributed by atoms with E-state index in [4.69, 9.17) is 32.2 Å². The van der Waals surface area contributed by atoms with Gasteiger partial charge < -0.3 is 4.74 Å². The van der Waals surface area contributed by atoms with Gasteiger partial charge in [0.1, 0.15) is 17.3 Å². The van der Waals surface area contributed by atoms with Gasteiger partial charge in [0, 0.05) is 36.7 Å². The smallest absolute Gasteiger partial charge is 0.269 e. The number of hydrogen-bond donors (Lipinski definition) is 0. The van der Waals surface area contributed by atoms with Gasteiger partial charge in [-0.1, -0.05) is 145 Å². The average Bonchev–Trinajstić information content (AvgIpc) is 4.21. The van der Waals surface area contributed by atoms with Crippen LogP contribution in [0.2, 0.25) is 18.9 Å². The minimum atomic E-state index is -5.48. The molecule has 0 radical (unpaired) electrons. The van der Waals surface area contributed by atoms with E-state index in [1.807, 2.05) is 12.1 Å². The molecule has 0 fully saturated rings. The fourth-order valence-electron chi connectivity index (χ4n) is 7.66. The van der Waals surface area contributed by atoms with Crippen LogP contribution in [0.15, 0.2) is 182 Å². The van der Waals surface area contributed by atoms with Gasteiger partial charge in [-0.15, -0.1) is 0 Å². The number of nitrogens with zero attached hydrogens (tertiary/aromatic N) is 4. The maximum absolute atomic E-state index is 9.01. The lowest BCUT2D eigenvalue weighted by Gasteiger charge is -2.17. The molecule has 0 saturated carbocycles. The summed E-state index contributed by atoms with van der Waals surface area (Å²) in [4.78, 5) is 4.55. The Kier molecular flexibility index (Phi) is 4.54. The van der Waals surface area contributed by atoms with Gasteiger partial charge in [0.05, 0.1) is 55.2 Å². The molecule has 7 aromatic carbocycles. The molecule has 58 heavy (non-hydrogen) atoms. The summed E-state index contributed by atoms with van der Waals surface area (Å²) >= 11 is 0. The van der Waals surface area contributed by atoms with Gasteiger partial charge in [-0.3, -0.25) is 13.7 Å². The van der Waals surface area contributed by atoms with Crippen molar-refractivity contribution in [1.82, 2.24) is 14.1 Å². The van der Waals surface area contributed by atoms with Gasteiger partial charge >= 0.3 is 0 Å². The Morgan fingerprint density at radius 1 is 0.707 bits per heavy atom. The zero-order valence-electron chi connectivity index (χ0n) is 50.2. The largest absolute Gasteiger partial charge is 0.458 e. The van der Waals surface area contributed by atoms with Gasteiger partial charge in [0.2, 0.25) is 0 Å². The van der Waals surface area contributed by atoms with E-state index < -0.39 is 105 Å². The molecule has 278 valence electrons. The minimum Gasteiger partial charge on any atom is -0.458 e. The monoisotopic (exact) mass is 784 g/mol. The first-order valence-corrected chi connectivity index (χ1v) is 20.2. The van der Waals surface area contributed by atoms with E-state index in [-0.39, 0.29) is 33.8 Å². The van der Waals surface area contributed by atoms with Crippen molar-refractivity contribution in [3.63, 3.8) is 0 Å². The van der Waals surface area contributed by atoms with E-state index in [0.29, 0.717) is 44.6 Å². The van der Waals surface area contributed by atoms with Crippen LogP contribution < -0.4 is 14.5 Å². The fraction of sp³-hybridized carbons (Fsp3) is 0.0769. The van der Waals surface area contributed by atoms with E-state index in [0.717, 1.165) is 11.6 Å². The molecule has 4 heterocycles. The molecule has 0 bridgehead atoms. The summed E-state index contributed by atoms with van der Waals surface area (Å²) in [7, 11) is -5.48. The highest BCUT2D eigenvalue weighted by Crippen LogP contribution is 2.37. The molecule has 5 nitrogen and oxygen atoms in total. The maximum Gasteiger partial charge on any atom is 0.269 e. The second kappa shape index (κ2) is 13.6. The van der Waals surface area contributed by atoms with Crippen LogP contribution in [0.5, 0.6) is 11.5 Å². The number of para-hydroxylation sites is 4. The second-order valence-electron chi connectivity index (χ2n) is 13.7. The molecule has 0 N–H and O–H groups in total. The highest BCUT2D eigenvalue weighted by Gasteiger charge is 2.32. The third kappa shape index (κ3) is 5.67. The van der Waals surface area contributed by atoms with Crippen LogP contribution in [0.4, 0.5) is 0 Å². The van der Waals surface area contributed by atoms with Crippen LogP contribution in [0, 0.1) is 6.33 Å². The molecule has 0 aliphatic carbocycles. The summed E-state index contributed by atoms with van der Waals surface area (Å²) < 4.78 is 185. The predicted octanol–water partition coefficient (Wildman–Crippen LogP) is 11.8. The van der Waals surface area contributed by atoms with Crippen molar-refractivity contribution in [3.05, 3.63) is 194 Å². The number of aromatic nitrogens is 4. The van der Waals surface area contributed by atoms with Crippen molar-refractivity contribution in [2.75, 3.05) is 0 Å². The standard InChI is InChI=1S/C52H40N4OSi/c1-58(2)30-29-38-34-53-51(33-50(38)58)56-46-24-10-9-21-44(46)45-28-27-41(32-49(45)56)57-40-20-13-19-39(31-40)54-35-55(48-26-12-11-25-47(48)54)52-42(36-15-5-3-6-16-36)22-14-23-43(52)37-17-7-4-8-18-37/h3-28,31-34H,29-30H2,1-2H3/i1D3,2D3,3D,4D,5D,6D,7D,8D,15D,16D,17D,18D,29D2,30D2. The highest BCUT2D eigenvalue weighted by molar-refractivity contribution is 6.91. The third-order valence-corrected chi connectivity index (χ3v) is 11.9. The first kappa shape index (κ1) is 19.4. The fourth-order valence-corrected chi connectivity index (χ4v) is 9.00. The molecule has 0 unspecified atom stereocenters.